The Morgan fingerprint density at radius 2 is 2.15 bits per heavy atom. The predicted octanol–water partition coefficient (Wildman–Crippen LogP) is 1.22. The van der Waals surface area contributed by atoms with E-state index >= 15 is 0 Å². The Morgan fingerprint density at radius 3 is 2.69 bits per heavy atom. The summed E-state index contributed by atoms with van der Waals surface area (Å²) < 4.78 is 7.08. The van der Waals surface area contributed by atoms with Crippen LogP contribution in [0.3, 0.4) is 0 Å². The largest absolute Gasteiger partial charge is 0.384 e. The fraction of sp³-hybridized carbons (Fsp3) is 0.778. The van der Waals surface area contributed by atoms with E-state index in [2.05, 4.69) is 35.5 Å². The smallest absolute Gasteiger partial charge is 0.135 e. The maximum absolute atomic E-state index is 5.00. The standard InChI is InChI=1S/C9H17N3O/c1-9(2,3)12-7-10-11-8(12)5-6-13-4/h7H,5-6H2,1-4H3. The lowest BCUT2D eigenvalue weighted by atomic mass is 10.1. The minimum atomic E-state index is 0.0482. The van der Waals surface area contributed by atoms with Crippen molar-refractivity contribution in [3.05, 3.63) is 12.2 Å². The number of nitrogens with zero attached hydrogens (tertiary/aromatic N) is 3. The van der Waals surface area contributed by atoms with Gasteiger partial charge < -0.3 is 9.30 Å². The van der Waals surface area contributed by atoms with Gasteiger partial charge in [0.05, 0.1) is 6.61 Å². The van der Waals surface area contributed by atoms with Gasteiger partial charge in [-0.15, -0.1) is 10.2 Å². The van der Waals surface area contributed by atoms with E-state index in [0.29, 0.717) is 6.61 Å². The van der Waals surface area contributed by atoms with Gasteiger partial charge in [0.25, 0.3) is 0 Å². The Balaban J connectivity index is 2.77. The zero-order chi connectivity index (χ0) is 9.90. The third kappa shape index (κ3) is 2.52. The minimum Gasteiger partial charge on any atom is -0.384 e. The van der Waals surface area contributed by atoms with Gasteiger partial charge in [-0.2, -0.15) is 0 Å². The second kappa shape index (κ2) is 3.87. The number of ether oxygens (including phenoxy) is 1. The molecule has 0 bridgehead atoms. The van der Waals surface area contributed by atoms with E-state index in [1.165, 1.54) is 0 Å². The molecule has 0 spiro atoms. The topological polar surface area (TPSA) is 39.9 Å². The SMILES string of the molecule is COCCc1nncn1C(C)(C)C. The first-order chi connectivity index (χ1) is 6.05. The van der Waals surface area contributed by atoms with Crippen molar-refractivity contribution < 1.29 is 4.74 Å². The summed E-state index contributed by atoms with van der Waals surface area (Å²) in [6, 6.07) is 0. The Morgan fingerprint density at radius 1 is 1.46 bits per heavy atom. The van der Waals surface area contributed by atoms with Crippen LogP contribution < -0.4 is 0 Å². The van der Waals surface area contributed by atoms with Crippen molar-refractivity contribution in [1.29, 1.82) is 0 Å². The van der Waals surface area contributed by atoms with Gasteiger partial charge in [0.2, 0.25) is 0 Å². The second-order valence-electron chi connectivity index (χ2n) is 4.03. The van der Waals surface area contributed by atoms with Crippen LogP contribution in [0, 0.1) is 0 Å². The summed E-state index contributed by atoms with van der Waals surface area (Å²) >= 11 is 0. The maximum Gasteiger partial charge on any atom is 0.135 e. The van der Waals surface area contributed by atoms with E-state index in [1.807, 2.05) is 0 Å². The van der Waals surface area contributed by atoms with Gasteiger partial charge in [-0.25, -0.2) is 0 Å². The van der Waals surface area contributed by atoms with Gasteiger partial charge in [0, 0.05) is 19.1 Å². The zero-order valence-electron chi connectivity index (χ0n) is 8.74. The first-order valence-electron chi connectivity index (χ1n) is 4.44. The van der Waals surface area contributed by atoms with Gasteiger partial charge in [-0.05, 0) is 20.8 Å². The summed E-state index contributed by atoms with van der Waals surface area (Å²) in [6.07, 6.45) is 2.58. The molecule has 0 aliphatic rings. The molecule has 1 heterocycles. The van der Waals surface area contributed by atoms with Crippen molar-refractivity contribution in [2.75, 3.05) is 13.7 Å². The van der Waals surface area contributed by atoms with E-state index in [-0.39, 0.29) is 5.54 Å². The molecule has 1 aromatic rings. The van der Waals surface area contributed by atoms with E-state index in [1.54, 1.807) is 13.4 Å². The molecule has 1 aromatic heterocycles. The summed E-state index contributed by atoms with van der Waals surface area (Å²) in [5.74, 6) is 0.981. The number of rotatable bonds is 3. The fourth-order valence-electron chi connectivity index (χ4n) is 1.18. The third-order valence-corrected chi connectivity index (χ3v) is 1.87. The van der Waals surface area contributed by atoms with Crippen molar-refractivity contribution >= 4 is 0 Å². The van der Waals surface area contributed by atoms with Crippen LogP contribution >= 0.6 is 0 Å². The maximum atomic E-state index is 5.00. The van der Waals surface area contributed by atoms with Crippen LogP contribution in [0.4, 0.5) is 0 Å². The van der Waals surface area contributed by atoms with Crippen LogP contribution in [0.1, 0.15) is 26.6 Å². The van der Waals surface area contributed by atoms with E-state index < -0.39 is 0 Å². The minimum absolute atomic E-state index is 0.0482. The summed E-state index contributed by atoms with van der Waals surface area (Å²) in [6.45, 7) is 7.08. The molecule has 0 aliphatic carbocycles. The summed E-state index contributed by atoms with van der Waals surface area (Å²) in [4.78, 5) is 0. The first kappa shape index (κ1) is 10.2. The monoisotopic (exact) mass is 183 g/mol. The van der Waals surface area contributed by atoms with E-state index in [4.69, 9.17) is 4.74 Å². The normalized spacial score (nSPS) is 12.0. The molecule has 74 valence electrons. The molecular formula is C9H17N3O. The average molecular weight is 183 g/mol. The number of hydrogen-bond acceptors (Lipinski definition) is 3. The Labute approximate surface area is 78.9 Å². The molecule has 0 saturated heterocycles. The Kier molecular flexibility index (Phi) is 3.03. The molecule has 0 N–H and O–H groups in total. The lowest BCUT2D eigenvalue weighted by molar-refractivity contribution is 0.197. The third-order valence-electron chi connectivity index (χ3n) is 1.87. The molecule has 0 aliphatic heterocycles. The van der Waals surface area contributed by atoms with Crippen LogP contribution in [0.5, 0.6) is 0 Å². The number of hydrogen-bond donors (Lipinski definition) is 0. The molecule has 4 heteroatoms. The average Bonchev–Trinajstić information content (AvgIpc) is 2.47. The molecular weight excluding hydrogens is 166 g/mol. The molecule has 0 amide bonds. The first-order valence-corrected chi connectivity index (χ1v) is 4.44. The highest BCUT2D eigenvalue weighted by Gasteiger charge is 2.16. The highest BCUT2D eigenvalue weighted by Crippen LogP contribution is 2.14. The fourth-order valence-corrected chi connectivity index (χ4v) is 1.18. The molecule has 1 rings (SSSR count). The van der Waals surface area contributed by atoms with Crippen molar-refractivity contribution in [3.63, 3.8) is 0 Å². The van der Waals surface area contributed by atoms with Crippen molar-refractivity contribution in [1.82, 2.24) is 14.8 Å². The Hall–Kier alpha value is -0.900. The Bertz CT molecular complexity index is 262. The van der Waals surface area contributed by atoms with Gasteiger partial charge >= 0.3 is 0 Å². The van der Waals surface area contributed by atoms with E-state index in [9.17, 15) is 0 Å². The molecule has 0 atom stereocenters. The molecule has 4 nitrogen and oxygen atoms in total. The highest BCUT2D eigenvalue weighted by molar-refractivity contribution is 4.92. The summed E-state index contributed by atoms with van der Waals surface area (Å²) in [7, 11) is 1.69. The van der Waals surface area contributed by atoms with Gasteiger partial charge in [0.15, 0.2) is 0 Å². The lowest BCUT2D eigenvalue weighted by Gasteiger charge is -2.22. The van der Waals surface area contributed by atoms with Crippen LogP contribution in [0.2, 0.25) is 0 Å². The lowest BCUT2D eigenvalue weighted by Crippen LogP contribution is -2.23. The predicted molar refractivity (Wildman–Crippen MR) is 50.6 cm³/mol. The van der Waals surface area contributed by atoms with Gasteiger partial charge in [-0.3, -0.25) is 0 Å². The zero-order valence-corrected chi connectivity index (χ0v) is 8.74. The van der Waals surface area contributed by atoms with Crippen LogP contribution in [0.15, 0.2) is 6.33 Å². The van der Waals surface area contributed by atoms with Crippen LogP contribution in [0.25, 0.3) is 0 Å². The van der Waals surface area contributed by atoms with Gasteiger partial charge in [-0.1, -0.05) is 0 Å². The summed E-state index contributed by atoms with van der Waals surface area (Å²) in [5, 5.41) is 7.95. The molecule has 0 aromatic carbocycles. The molecule has 0 radical (unpaired) electrons. The number of aromatic nitrogens is 3. The van der Waals surface area contributed by atoms with Crippen LogP contribution in [-0.4, -0.2) is 28.5 Å². The molecule has 13 heavy (non-hydrogen) atoms. The molecule has 0 unspecified atom stereocenters. The van der Waals surface area contributed by atoms with Crippen molar-refractivity contribution in [3.8, 4) is 0 Å². The molecule has 0 fully saturated rings. The number of methoxy groups -OCH3 is 1. The van der Waals surface area contributed by atoms with Crippen molar-refractivity contribution in [2.24, 2.45) is 0 Å². The quantitative estimate of drug-likeness (QED) is 0.707. The van der Waals surface area contributed by atoms with E-state index in [0.717, 1.165) is 12.2 Å². The van der Waals surface area contributed by atoms with Crippen molar-refractivity contribution in [2.45, 2.75) is 32.7 Å². The van der Waals surface area contributed by atoms with Crippen LogP contribution in [-0.2, 0) is 16.7 Å². The second-order valence-corrected chi connectivity index (χ2v) is 4.03. The van der Waals surface area contributed by atoms with Gasteiger partial charge in [0.1, 0.15) is 12.2 Å². The molecule has 0 saturated carbocycles. The summed E-state index contributed by atoms with van der Waals surface area (Å²) in [5.41, 5.74) is 0.0482. The highest BCUT2D eigenvalue weighted by atomic mass is 16.5.